The van der Waals surface area contributed by atoms with E-state index >= 15 is 0 Å². The van der Waals surface area contributed by atoms with Crippen LogP contribution in [-0.2, 0) is 24.1 Å². The lowest BCUT2D eigenvalue weighted by Crippen LogP contribution is -2.50. The Morgan fingerprint density at radius 3 is 2.20 bits per heavy atom. The van der Waals surface area contributed by atoms with Gasteiger partial charge in [0.25, 0.3) is 5.91 Å². The molecular weight excluding hydrogens is 597 g/mol. The highest BCUT2D eigenvalue weighted by molar-refractivity contribution is 6.91. The maximum atomic E-state index is 12.7. The van der Waals surface area contributed by atoms with Crippen molar-refractivity contribution >= 4 is 24.9 Å². The number of carbonyl (C=O) groups excluding carboxylic acids is 1. The molecule has 4 atom stereocenters. The highest BCUT2D eigenvalue weighted by Crippen LogP contribution is 2.46. The fourth-order valence-electron chi connectivity index (χ4n) is 6.86. The lowest BCUT2D eigenvalue weighted by Gasteiger charge is -2.36. The van der Waals surface area contributed by atoms with Crippen molar-refractivity contribution in [1.29, 1.82) is 0 Å². The van der Waals surface area contributed by atoms with Gasteiger partial charge in [-0.25, -0.2) is 0 Å². The van der Waals surface area contributed by atoms with Crippen LogP contribution in [0.3, 0.4) is 0 Å². The summed E-state index contributed by atoms with van der Waals surface area (Å²) in [6.07, 6.45) is 5.33. The Bertz CT molecular complexity index is 1560. The van der Waals surface area contributed by atoms with E-state index < -0.39 is 8.07 Å². The third-order valence-corrected chi connectivity index (χ3v) is 13.8. The Morgan fingerprint density at radius 2 is 1.57 bits per heavy atom. The summed E-state index contributed by atoms with van der Waals surface area (Å²) in [6, 6.07) is 23.8. The Hall–Kier alpha value is -3.99. The van der Waals surface area contributed by atoms with Crippen molar-refractivity contribution in [1.82, 2.24) is 15.0 Å². The molecule has 5 rings (SSSR count). The number of nitrogens with one attached hydrogen (secondary N) is 1. The van der Waals surface area contributed by atoms with Crippen LogP contribution >= 0.6 is 0 Å². The lowest BCUT2D eigenvalue weighted by atomic mass is 9.95. The van der Waals surface area contributed by atoms with Crippen molar-refractivity contribution < 1.29 is 24.1 Å². The number of methoxy groups -OCH3 is 2. The molecule has 2 heterocycles. The Kier molecular flexibility index (Phi) is 10.9. The number of nitrogens with zero attached hydrogens (tertiary/aromatic N) is 3. The van der Waals surface area contributed by atoms with Crippen molar-refractivity contribution in [3.05, 3.63) is 95.8 Å². The topological polar surface area (TPSA) is 108 Å². The molecule has 0 spiro atoms. The number of aliphatic hydroxyl groups excluding tert-OH is 1. The second kappa shape index (κ2) is 15.1. The number of aromatic nitrogens is 3. The molecule has 1 amide bonds. The van der Waals surface area contributed by atoms with Crippen LogP contribution in [-0.4, -0.2) is 67.1 Å². The molecule has 10 heteroatoms. The SMILES string of the molecule is COc1ccc(C(=O)Nc2ccc(CC[C@H]3O[C@@H](CCn4cc(CCO)nn4)[C@H]([Si](C)(C)c4ccc(OC)cc4)[C@H]3C)cc2)cc1. The second-order valence-corrected chi connectivity index (χ2v) is 17.4. The van der Waals surface area contributed by atoms with Crippen LogP contribution in [0.15, 0.2) is 79.0 Å². The minimum absolute atomic E-state index is 0.0639. The normalized spacial score (nSPS) is 19.6. The van der Waals surface area contributed by atoms with Crippen molar-refractivity contribution in [3.8, 4) is 11.5 Å². The molecule has 1 aromatic heterocycles. The Balaban J connectivity index is 1.25. The van der Waals surface area contributed by atoms with Crippen molar-refractivity contribution in [2.45, 2.75) is 70.0 Å². The van der Waals surface area contributed by atoms with Crippen molar-refractivity contribution in [3.63, 3.8) is 0 Å². The average molecular weight is 643 g/mol. The Labute approximate surface area is 272 Å². The average Bonchev–Trinajstić information content (AvgIpc) is 3.66. The first-order chi connectivity index (χ1) is 22.2. The van der Waals surface area contributed by atoms with Gasteiger partial charge in [-0.2, -0.15) is 0 Å². The summed E-state index contributed by atoms with van der Waals surface area (Å²) in [4.78, 5) is 12.7. The number of carbonyl (C=O) groups is 1. The van der Waals surface area contributed by atoms with Gasteiger partial charge in [0.2, 0.25) is 0 Å². The van der Waals surface area contributed by atoms with E-state index in [0.29, 0.717) is 29.2 Å². The summed E-state index contributed by atoms with van der Waals surface area (Å²) >= 11 is 0. The lowest BCUT2D eigenvalue weighted by molar-refractivity contribution is 0.0250. The van der Waals surface area contributed by atoms with Gasteiger partial charge in [0, 0.05) is 37.0 Å². The molecule has 1 saturated heterocycles. The van der Waals surface area contributed by atoms with Gasteiger partial charge in [0.05, 0.1) is 40.2 Å². The maximum Gasteiger partial charge on any atom is 0.255 e. The largest absolute Gasteiger partial charge is 0.497 e. The molecule has 46 heavy (non-hydrogen) atoms. The molecule has 9 nitrogen and oxygen atoms in total. The number of hydrogen-bond donors (Lipinski definition) is 2. The molecule has 1 aliphatic rings. The molecule has 4 aromatic rings. The van der Waals surface area contributed by atoms with E-state index in [1.54, 1.807) is 38.5 Å². The number of hydrogen-bond acceptors (Lipinski definition) is 7. The first-order valence-corrected chi connectivity index (χ1v) is 19.1. The summed E-state index contributed by atoms with van der Waals surface area (Å²) < 4.78 is 19.4. The second-order valence-electron chi connectivity index (χ2n) is 12.7. The van der Waals surface area contributed by atoms with E-state index in [9.17, 15) is 9.90 Å². The minimum atomic E-state index is -1.97. The van der Waals surface area contributed by atoms with Crippen molar-refractivity contribution in [2.24, 2.45) is 5.92 Å². The monoisotopic (exact) mass is 642 g/mol. The van der Waals surface area contributed by atoms with Crippen LogP contribution in [0.5, 0.6) is 11.5 Å². The number of benzene rings is 3. The molecule has 0 radical (unpaired) electrons. The van der Waals surface area contributed by atoms with Gasteiger partial charge in [0.1, 0.15) is 11.5 Å². The van der Waals surface area contributed by atoms with E-state index in [0.717, 1.165) is 42.9 Å². The number of anilines is 1. The third kappa shape index (κ3) is 7.86. The zero-order chi connectivity index (χ0) is 32.7. The smallest absolute Gasteiger partial charge is 0.255 e. The highest BCUT2D eigenvalue weighted by atomic mass is 28.3. The van der Waals surface area contributed by atoms with Gasteiger partial charge in [-0.3, -0.25) is 9.48 Å². The first-order valence-electron chi connectivity index (χ1n) is 16.1. The molecule has 2 N–H and O–H groups in total. The van der Waals surface area contributed by atoms with Crippen LogP contribution < -0.4 is 20.0 Å². The van der Waals surface area contributed by atoms with E-state index in [1.165, 1.54) is 10.8 Å². The summed E-state index contributed by atoms with van der Waals surface area (Å²) in [5, 5.41) is 22.1. The molecule has 1 fully saturated rings. The molecule has 3 aromatic carbocycles. The van der Waals surface area contributed by atoms with Gasteiger partial charge in [-0.1, -0.05) is 54.7 Å². The maximum absolute atomic E-state index is 12.7. The quantitative estimate of drug-likeness (QED) is 0.175. The van der Waals surface area contributed by atoms with Crippen LogP contribution in [0.25, 0.3) is 0 Å². The summed E-state index contributed by atoms with van der Waals surface area (Å²) in [5.41, 5.74) is 3.78. The van der Waals surface area contributed by atoms with Gasteiger partial charge < -0.3 is 24.6 Å². The third-order valence-electron chi connectivity index (χ3n) is 9.45. The van der Waals surface area contributed by atoms with Gasteiger partial charge in [-0.05, 0) is 84.8 Å². The van der Waals surface area contributed by atoms with E-state index in [1.807, 2.05) is 23.0 Å². The van der Waals surface area contributed by atoms with Gasteiger partial charge in [-0.15, -0.1) is 5.10 Å². The molecular formula is C36H46N4O5Si. The van der Waals surface area contributed by atoms with Crippen LogP contribution in [0.2, 0.25) is 18.6 Å². The predicted molar refractivity (Wildman–Crippen MR) is 183 cm³/mol. The molecule has 0 unspecified atom stereocenters. The Morgan fingerprint density at radius 1 is 0.913 bits per heavy atom. The van der Waals surface area contributed by atoms with Crippen molar-refractivity contribution in [2.75, 3.05) is 26.1 Å². The van der Waals surface area contributed by atoms with Crippen LogP contribution in [0.1, 0.15) is 41.4 Å². The first kappa shape index (κ1) is 33.4. The molecule has 1 aliphatic heterocycles. The fourth-order valence-corrected chi connectivity index (χ4v) is 11.0. The molecule has 0 bridgehead atoms. The number of amides is 1. The van der Waals surface area contributed by atoms with E-state index in [-0.39, 0.29) is 24.7 Å². The predicted octanol–water partition coefficient (Wildman–Crippen LogP) is 5.49. The number of aryl methyl sites for hydroxylation is 2. The van der Waals surface area contributed by atoms with Crippen LogP contribution in [0.4, 0.5) is 5.69 Å². The number of rotatable bonds is 14. The fraction of sp³-hybridized carbons (Fsp3) is 0.417. The summed E-state index contributed by atoms with van der Waals surface area (Å²) in [5.74, 6) is 1.82. The van der Waals surface area contributed by atoms with Crippen LogP contribution in [0, 0.1) is 5.92 Å². The standard InChI is InChI=1S/C36H46N4O5Si/c1-25-33(19-8-26-6-11-28(12-7-26)37-36(42)27-9-13-30(43-2)14-10-27)45-34(20-22-40-24-29(21-23-41)38-39-40)35(25)46(4,5)32-17-15-31(44-3)16-18-32/h6-7,9-18,24-25,33-35,41H,8,19-23H2,1-5H3,(H,37,42)/t25-,33+,34-,35+/m0/s1. The summed E-state index contributed by atoms with van der Waals surface area (Å²) in [6.45, 7) is 8.06. The highest BCUT2D eigenvalue weighted by Gasteiger charge is 2.50. The zero-order valence-electron chi connectivity index (χ0n) is 27.5. The van der Waals surface area contributed by atoms with Gasteiger partial charge in [0.15, 0.2) is 0 Å². The van der Waals surface area contributed by atoms with E-state index in [2.05, 4.69) is 72.0 Å². The van der Waals surface area contributed by atoms with Gasteiger partial charge >= 0.3 is 0 Å². The molecule has 0 saturated carbocycles. The van der Waals surface area contributed by atoms with E-state index in [4.69, 9.17) is 14.2 Å². The number of ether oxygens (including phenoxy) is 3. The summed E-state index contributed by atoms with van der Waals surface area (Å²) in [7, 11) is 1.34. The molecule has 244 valence electrons. The minimum Gasteiger partial charge on any atom is -0.497 e. The molecule has 0 aliphatic carbocycles. The number of aliphatic hydroxyl groups is 1. The zero-order valence-corrected chi connectivity index (χ0v) is 28.5.